The third-order valence-electron chi connectivity index (χ3n) is 6.24. The lowest BCUT2D eigenvalue weighted by molar-refractivity contribution is -0.140. The smallest absolute Gasteiger partial charge is 0.295 e. The highest BCUT2D eigenvalue weighted by Crippen LogP contribution is 2.44. The molecule has 1 fully saturated rings. The van der Waals surface area contributed by atoms with Crippen LogP contribution in [0.15, 0.2) is 72.6 Å². The Kier molecular flexibility index (Phi) is 8.08. The second-order valence-electron chi connectivity index (χ2n) is 8.62. The number of amides is 1. The first kappa shape index (κ1) is 25.8. The number of ketones is 1. The van der Waals surface area contributed by atoms with Gasteiger partial charge in [-0.1, -0.05) is 19.4 Å². The quantitative estimate of drug-likeness (QED) is 0.182. The molecule has 0 spiro atoms. The van der Waals surface area contributed by atoms with Gasteiger partial charge < -0.3 is 24.2 Å². The number of hydrogen-bond acceptors (Lipinski definition) is 7. The lowest BCUT2D eigenvalue weighted by atomic mass is 9.94. The molecular formula is C29H30N2O6. The maximum atomic E-state index is 13.4. The molecule has 3 aromatic rings. The van der Waals surface area contributed by atoms with Gasteiger partial charge in [0.1, 0.15) is 23.0 Å². The number of carbonyl (C=O) groups excluding carboxylic acids is 2. The summed E-state index contributed by atoms with van der Waals surface area (Å²) in [4.78, 5) is 32.2. The molecule has 0 unspecified atom stereocenters. The molecule has 2 aromatic carbocycles. The lowest BCUT2D eigenvalue weighted by Gasteiger charge is -2.27. The first-order valence-electron chi connectivity index (χ1n) is 12.1. The molecule has 1 N–H and O–H groups in total. The van der Waals surface area contributed by atoms with Crippen molar-refractivity contribution in [1.82, 2.24) is 9.88 Å². The number of unbranched alkanes of at least 4 members (excludes halogenated alkanes) is 1. The van der Waals surface area contributed by atoms with Crippen molar-refractivity contribution in [2.24, 2.45) is 0 Å². The van der Waals surface area contributed by atoms with Crippen LogP contribution in [0.25, 0.3) is 5.76 Å². The Morgan fingerprint density at radius 2 is 1.78 bits per heavy atom. The number of nitrogens with zero attached hydrogens (tertiary/aromatic N) is 2. The van der Waals surface area contributed by atoms with Gasteiger partial charge in [0.05, 0.1) is 32.4 Å². The summed E-state index contributed by atoms with van der Waals surface area (Å²) in [5.74, 6) is -0.139. The van der Waals surface area contributed by atoms with E-state index in [0.717, 1.165) is 18.4 Å². The van der Waals surface area contributed by atoms with E-state index in [1.165, 1.54) is 19.1 Å². The Hall–Kier alpha value is -4.33. The Morgan fingerprint density at radius 3 is 2.43 bits per heavy atom. The normalized spacial score (nSPS) is 16.6. The summed E-state index contributed by atoms with van der Waals surface area (Å²) in [5.41, 5.74) is 1.63. The van der Waals surface area contributed by atoms with Crippen LogP contribution in [0, 0.1) is 0 Å². The average molecular weight is 503 g/mol. The molecule has 1 saturated heterocycles. The molecule has 4 rings (SSSR count). The van der Waals surface area contributed by atoms with E-state index in [2.05, 4.69) is 11.9 Å². The number of carbonyl (C=O) groups is 2. The number of ether oxygens (including phenoxy) is 3. The van der Waals surface area contributed by atoms with Gasteiger partial charge in [0, 0.05) is 30.1 Å². The summed E-state index contributed by atoms with van der Waals surface area (Å²) in [5, 5.41) is 11.4. The number of hydrogen-bond donors (Lipinski definition) is 1. The molecule has 0 saturated carbocycles. The molecule has 1 atom stereocenters. The number of Topliss-reactive ketones (excluding diaryl/α,β-unsaturated/α-hetero) is 1. The molecule has 0 radical (unpaired) electrons. The van der Waals surface area contributed by atoms with E-state index < -0.39 is 17.7 Å². The van der Waals surface area contributed by atoms with Gasteiger partial charge >= 0.3 is 0 Å². The fraction of sp³-hybridized carbons (Fsp3) is 0.276. The summed E-state index contributed by atoms with van der Waals surface area (Å²) in [6.07, 6.45) is 5.22. The highest BCUT2D eigenvalue weighted by atomic mass is 16.5. The van der Waals surface area contributed by atoms with Crippen molar-refractivity contribution in [2.45, 2.75) is 32.4 Å². The number of pyridine rings is 1. The zero-order valence-corrected chi connectivity index (χ0v) is 21.1. The van der Waals surface area contributed by atoms with E-state index in [4.69, 9.17) is 14.2 Å². The van der Waals surface area contributed by atoms with Crippen LogP contribution >= 0.6 is 0 Å². The van der Waals surface area contributed by atoms with Gasteiger partial charge in [-0.3, -0.25) is 14.6 Å². The molecule has 37 heavy (non-hydrogen) atoms. The van der Waals surface area contributed by atoms with E-state index in [1.54, 1.807) is 60.9 Å². The third-order valence-corrected chi connectivity index (χ3v) is 6.24. The van der Waals surface area contributed by atoms with Crippen LogP contribution in [0.4, 0.5) is 0 Å². The molecule has 1 amide bonds. The summed E-state index contributed by atoms with van der Waals surface area (Å²) in [7, 11) is 3.04. The average Bonchev–Trinajstić information content (AvgIpc) is 3.18. The third kappa shape index (κ3) is 5.43. The molecule has 0 aliphatic carbocycles. The lowest BCUT2D eigenvalue weighted by Crippen LogP contribution is -2.29. The fourth-order valence-electron chi connectivity index (χ4n) is 4.31. The van der Waals surface area contributed by atoms with Gasteiger partial charge in [0.15, 0.2) is 0 Å². The van der Waals surface area contributed by atoms with Crippen molar-refractivity contribution in [1.29, 1.82) is 0 Å². The van der Waals surface area contributed by atoms with Crippen LogP contribution in [-0.2, 0) is 16.1 Å². The minimum atomic E-state index is -0.911. The van der Waals surface area contributed by atoms with E-state index >= 15 is 0 Å². The van der Waals surface area contributed by atoms with Gasteiger partial charge in [0.2, 0.25) is 0 Å². The van der Waals surface area contributed by atoms with Crippen molar-refractivity contribution in [2.75, 3.05) is 20.8 Å². The maximum absolute atomic E-state index is 13.4. The predicted molar refractivity (Wildman–Crippen MR) is 138 cm³/mol. The summed E-state index contributed by atoms with van der Waals surface area (Å²) in [6, 6.07) is 14.6. The number of aromatic nitrogens is 1. The van der Waals surface area contributed by atoms with E-state index in [9.17, 15) is 14.7 Å². The van der Waals surface area contributed by atoms with Crippen LogP contribution < -0.4 is 14.2 Å². The van der Waals surface area contributed by atoms with Crippen molar-refractivity contribution >= 4 is 17.4 Å². The highest BCUT2D eigenvalue weighted by Gasteiger charge is 2.47. The first-order valence-corrected chi connectivity index (χ1v) is 12.1. The number of likely N-dealkylation sites (tertiary alicyclic amines) is 1. The number of aliphatic hydroxyl groups excluding tert-OH is 1. The second-order valence-corrected chi connectivity index (χ2v) is 8.62. The zero-order valence-electron chi connectivity index (χ0n) is 21.1. The Balaban J connectivity index is 1.82. The van der Waals surface area contributed by atoms with Gasteiger partial charge in [0.25, 0.3) is 11.7 Å². The fourth-order valence-corrected chi connectivity index (χ4v) is 4.31. The summed E-state index contributed by atoms with van der Waals surface area (Å²) < 4.78 is 16.7. The predicted octanol–water partition coefficient (Wildman–Crippen LogP) is 4.90. The number of methoxy groups -OCH3 is 2. The van der Waals surface area contributed by atoms with Crippen molar-refractivity contribution in [3.63, 3.8) is 0 Å². The summed E-state index contributed by atoms with van der Waals surface area (Å²) in [6.45, 7) is 2.79. The molecule has 2 heterocycles. The van der Waals surface area contributed by atoms with Crippen molar-refractivity contribution in [3.05, 3.63) is 89.3 Å². The van der Waals surface area contributed by atoms with Crippen LogP contribution in [0.5, 0.6) is 17.2 Å². The van der Waals surface area contributed by atoms with Crippen molar-refractivity contribution < 1.29 is 28.9 Å². The minimum absolute atomic E-state index is 0.0277. The largest absolute Gasteiger partial charge is 0.507 e. The Bertz CT molecular complexity index is 1290. The molecule has 8 nitrogen and oxygen atoms in total. The van der Waals surface area contributed by atoms with E-state index in [-0.39, 0.29) is 17.9 Å². The van der Waals surface area contributed by atoms with Crippen LogP contribution in [0.2, 0.25) is 0 Å². The van der Waals surface area contributed by atoms with Crippen LogP contribution in [-0.4, -0.2) is 47.5 Å². The first-order chi connectivity index (χ1) is 18.0. The van der Waals surface area contributed by atoms with Crippen LogP contribution in [0.1, 0.15) is 42.5 Å². The van der Waals surface area contributed by atoms with Gasteiger partial charge in [-0.15, -0.1) is 0 Å². The Labute approximate surface area is 216 Å². The van der Waals surface area contributed by atoms with E-state index in [0.29, 0.717) is 35.0 Å². The summed E-state index contributed by atoms with van der Waals surface area (Å²) >= 11 is 0. The molecule has 1 aromatic heterocycles. The molecule has 192 valence electrons. The zero-order chi connectivity index (χ0) is 26.4. The highest BCUT2D eigenvalue weighted by molar-refractivity contribution is 6.46. The second kappa shape index (κ2) is 11.6. The number of benzene rings is 2. The molecule has 0 bridgehead atoms. The van der Waals surface area contributed by atoms with Crippen molar-refractivity contribution in [3.8, 4) is 17.2 Å². The number of aliphatic hydroxyl groups is 1. The van der Waals surface area contributed by atoms with Crippen LogP contribution in [0.3, 0.4) is 0 Å². The van der Waals surface area contributed by atoms with E-state index in [1.807, 2.05) is 6.07 Å². The van der Waals surface area contributed by atoms with Gasteiger partial charge in [-0.05, 0) is 60.5 Å². The topological polar surface area (TPSA) is 98.2 Å². The van der Waals surface area contributed by atoms with Gasteiger partial charge in [-0.25, -0.2) is 0 Å². The molecular weight excluding hydrogens is 472 g/mol. The monoisotopic (exact) mass is 502 g/mol. The Morgan fingerprint density at radius 1 is 1.03 bits per heavy atom. The molecule has 1 aliphatic rings. The maximum Gasteiger partial charge on any atom is 0.295 e. The van der Waals surface area contributed by atoms with Gasteiger partial charge in [-0.2, -0.15) is 0 Å². The number of rotatable bonds is 10. The molecule has 8 heteroatoms. The standard InChI is InChI=1S/C29H30N2O6/c1-4-5-15-37-21-10-8-20(9-11-21)27(32)25-26(23-16-22(35-2)12-13-24(23)36-3)31(29(34)28(25)33)18-19-7-6-14-30-17-19/h6-14,16-17,26,32H,4-5,15,18H2,1-3H3/b27-25+/t26-/m0/s1. The molecule has 1 aliphatic heterocycles. The minimum Gasteiger partial charge on any atom is -0.507 e. The SMILES string of the molecule is CCCCOc1ccc(/C(O)=C2\C(=O)C(=O)N(Cc3cccnc3)[C@H]2c2cc(OC)ccc2OC)cc1.